The van der Waals surface area contributed by atoms with Gasteiger partial charge in [-0.05, 0) is 59.7 Å². The average Bonchev–Trinajstić information content (AvgIpc) is 2.45. The summed E-state index contributed by atoms with van der Waals surface area (Å²) in [5.74, 6) is 2.16. The zero-order valence-corrected chi connectivity index (χ0v) is 14.1. The van der Waals surface area contributed by atoms with Crippen LogP contribution >= 0.6 is 11.6 Å². The molecule has 2 aromatic rings. The van der Waals surface area contributed by atoms with Crippen LogP contribution in [0.4, 0.5) is 5.69 Å². The molecule has 0 spiro atoms. The first-order valence-electron chi connectivity index (χ1n) is 7.75. The van der Waals surface area contributed by atoms with Crippen molar-refractivity contribution in [1.29, 1.82) is 0 Å². The Balaban J connectivity index is 1.92. The largest absolute Gasteiger partial charge is 0.457 e. The fraction of sp³-hybridized carbons (Fsp3) is 0.368. The Hall–Kier alpha value is -1.67. The van der Waals surface area contributed by atoms with Gasteiger partial charge in [-0.3, -0.25) is 0 Å². The highest BCUT2D eigenvalue weighted by Gasteiger charge is 2.30. The maximum atomic E-state index is 6.02. The molecule has 22 heavy (non-hydrogen) atoms. The third-order valence-corrected chi connectivity index (χ3v) is 4.46. The van der Waals surface area contributed by atoms with Crippen LogP contribution in [-0.4, -0.2) is 6.54 Å². The summed E-state index contributed by atoms with van der Waals surface area (Å²) < 4.78 is 5.97. The van der Waals surface area contributed by atoms with Crippen LogP contribution in [-0.2, 0) is 0 Å². The summed E-state index contributed by atoms with van der Waals surface area (Å²) in [6.45, 7) is 7.94. The van der Waals surface area contributed by atoms with Crippen LogP contribution < -0.4 is 10.1 Å². The molecule has 3 rings (SSSR count). The lowest BCUT2D eigenvalue weighted by Crippen LogP contribution is -2.26. The van der Waals surface area contributed by atoms with E-state index in [1.807, 2.05) is 30.3 Å². The van der Waals surface area contributed by atoms with E-state index in [1.165, 1.54) is 11.3 Å². The molecule has 0 bridgehead atoms. The molecule has 0 saturated heterocycles. The Morgan fingerprint density at radius 3 is 2.59 bits per heavy atom. The summed E-state index contributed by atoms with van der Waals surface area (Å²) in [7, 11) is 0. The van der Waals surface area contributed by atoms with Crippen LogP contribution in [0.25, 0.3) is 0 Å². The number of anilines is 1. The van der Waals surface area contributed by atoms with E-state index in [1.54, 1.807) is 0 Å². The zero-order valence-electron chi connectivity index (χ0n) is 13.3. The minimum atomic E-state index is 0.242. The average molecular weight is 316 g/mol. The van der Waals surface area contributed by atoms with Crippen molar-refractivity contribution in [1.82, 2.24) is 0 Å². The quantitative estimate of drug-likeness (QED) is 0.725. The first-order chi connectivity index (χ1) is 10.4. The first kappa shape index (κ1) is 15.2. The second-order valence-electron chi connectivity index (χ2n) is 6.94. The Morgan fingerprint density at radius 2 is 1.86 bits per heavy atom. The Labute approximate surface area is 137 Å². The van der Waals surface area contributed by atoms with Gasteiger partial charge in [0.2, 0.25) is 0 Å². The molecule has 1 atom stereocenters. The molecule has 1 unspecified atom stereocenters. The molecule has 1 aliphatic heterocycles. The van der Waals surface area contributed by atoms with Crippen LogP contribution in [0.5, 0.6) is 11.5 Å². The van der Waals surface area contributed by atoms with Crippen LogP contribution in [0.15, 0.2) is 42.5 Å². The van der Waals surface area contributed by atoms with E-state index in [0.717, 1.165) is 24.5 Å². The van der Waals surface area contributed by atoms with E-state index in [-0.39, 0.29) is 5.41 Å². The number of ether oxygens (including phenoxy) is 1. The topological polar surface area (TPSA) is 21.3 Å². The molecule has 1 N–H and O–H groups in total. The Bertz CT molecular complexity index is 675. The summed E-state index contributed by atoms with van der Waals surface area (Å²) >= 11 is 6.02. The predicted octanol–water partition coefficient (Wildman–Crippen LogP) is 6.08. The third kappa shape index (κ3) is 3.22. The smallest absolute Gasteiger partial charge is 0.128 e. The molecular formula is C19H22ClNO. The molecule has 116 valence electrons. The van der Waals surface area contributed by atoms with Crippen LogP contribution in [0.3, 0.4) is 0 Å². The highest BCUT2D eigenvalue weighted by Crippen LogP contribution is 2.44. The summed E-state index contributed by atoms with van der Waals surface area (Å²) in [4.78, 5) is 0. The number of nitrogens with one attached hydrogen (secondary N) is 1. The number of benzene rings is 2. The zero-order chi connectivity index (χ0) is 15.7. The summed E-state index contributed by atoms with van der Waals surface area (Å²) in [6, 6.07) is 13.8. The Kier molecular flexibility index (Phi) is 4.05. The molecule has 2 aromatic carbocycles. The molecule has 0 saturated carbocycles. The minimum absolute atomic E-state index is 0.242. The van der Waals surface area contributed by atoms with Crippen LogP contribution in [0.1, 0.15) is 38.7 Å². The van der Waals surface area contributed by atoms with E-state index in [4.69, 9.17) is 16.3 Å². The second kappa shape index (κ2) is 5.85. The summed E-state index contributed by atoms with van der Waals surface area (Å²) in [6.07, 6.45) is 1.15. The summed E-state index contributed by atoms with van der Waals surface area (Å²) in [5.41, 5.74) is 2.81. The SMILES string of the molecule is CC(C)(C)C1CCNc2ccc(Oc3cccc(Cl)c3)cc21. The molecule has 1 heterocycles. The van der Waals surface area contributed by atoms with Crippen LogP contribution in [0, 0.1) is 5.41 Å². The van der Waals surface area contributed by atoms with E-state index in [9.17, 15) is 0 Å². The van der Waals surface area contributed by atoms with E-state index >= 15 is 0 Å². The number of hydrogen-bond acceptors (Lipinski definition) is 2. The minimum Gasteiger partial charge on any atom is -0.457 e. The molecule has 2 nitrogen and oxygen atoms in total. The lowest BCUT2D eigenvalue weighted by Gasteiger charge is -2.36. The fourth-order valence-electron chi connectivity index (χ4n) is 3.13. The van der Waals surface area contributed by atoms with Crippen molar-refractivity contribution in [2.75, 3.05) is 11.9 Å². The summed E-state index contributed by atoms with van der Waals surface area (Å²) in [5, 5.41) is 4.17. The lowest BCUT2D eigenvalue weighted by atomic mass is 9.73. The second-order valence-corrected chi connectivity index (χ2v) is 7.38. The fourth-order valence-corrected chi connectivity index (χ4v) is 3.31. The number of halogens is 1. The van der Waals surface area contributed by atoms with Gasteiger partial charge >= 0.3 is 0 Å². The maximum absolute atomic E-state index is 6.02. The molecule has 0 fully saturated rings. The molecule has 0 amide bonds. The van der Waals surface area contributed by atoms with Crippen molar-refractivity contribution >= 4 is 17.3 Å². The van der Waals surface area contributed by atoms with Crippen molar-refractivity contribution in [2.45, 2.75) is 33.1 Å². The van der Waals surface area contributed by atoms with E-state index in [2.05, 4.69) is 38.2 Å². The van der Waals surface area contributed by atoms with E-state index in [0.29, 0.717) is 10.9 Å². The van der Waals surface area contributed by atoms with Gasteiger partial charge in [0.1, 0.15) is 11.5 Å². The molecular weight excluding hydrogens is 294 g/mol. The monoisotopic (exact) mass is 315 g/mol. The van der Waals surface area contributed by atoms with Crippen molar-refractivity contribution in [3.8, 4) is 11.5 Å². The number of hydrogen-bond donors (Lipinski definition) is 1. The normalized spacial score (nSPS) is 17.5. The van der Waals surface area contributed by atoms with Crippen molar-refractivity contribution in [2.24, 2.45) is 5.41 Å². The van der Waals surface area contributed by atoms with Gasteiger partial charge in [-0.25, -0.2) is 0 Å². The van der Waals surface area contributed by atoms with Crippen LogP contribution in [0.2, 0.25) is 5.02 Å². The molecule has 0 aromatic heterocycles. The van der Waals surface area contributed by atoms with Gasteiger partial charge in [-0.15, -0.1) is 0 Å². The molecule has 0 aliphatic carbocycles. The van der Waals surface area contributed by atoms with Gasteiger partial charge in [0.05, 0.1) is 0 Å². The standard InChI is InChI=1S/C19H22ClNO/c1-19(2,3)17-9-10-21-18-8-7-15(12-16(17)18)22-14-6-4-5-13(20)11-14/h4-8,11-12,17,21H,9-10H2,1-3H3. The highest BCUT2D eigenvalue weighted by atomic mass is 35.5. The number of rotatable bonds is 2. The first-order valence-corrected chi connectivity index (χ1v) is 8.12. The van der Waals surface area contributed by atoms with Gasteiger partial charge in [-0.2, -0.15) is 0 Å². The van der Waals surface area contributed by atoms with E-state index < -0.39 is 0 Å². The highest BCUT2D eigenvalue weighted by molar-refractivity contribution is 6.30. The predicted molar refractivity (Wildman–Crippen MR) is 93.3 cm³/mol. The van der Waals surface area contributed by atoms with Crippen molar-refractivity contribution in [3.05, 3.63) is 53.1 Å². The number of fused-ring (bicyclic) bond motifs is 1. The van der Waals surface area contributed by atoms with Gasteiger partial charge in [0, 0.05) is 17.3 Å². The third-order valence-electron chi connectivity index (χ3n) is 4.22. The lowest BCUT2D eigenvalue weighted by molar-refractivity contribution is 0.305. The van der Waals surface area contributed by atoms with Crippen molar-refractivity contribution < 1.29 is 4.74 Å². The molecule has 3 heteroatoms. The van der Waals surface area contributed by atoms with Gasteiger partial charge in [-0.1, -0.05) is 38.4 Å². The maximum Gasteiger partial charge on any atom is 0.128 e. The molecule has 0 radical (unpaired) electrons. The Morgan fingerprint density at radius 1 is 1.09 bits per heavy atom. The van der Waals surface area contributed by atoms with Crippen molar-refractivity contribution in [3.63, 3.8) is 0 Å². The molecule has 1 aliphatic rings. The van der Waals surface area contributed by atoms with Gasteiger partial charge < -0.3 is 10.1 Å². The van der Waals surface area contributed by atoms with Gasteiger partial charge in [0.25, 0.3) is 0 Å². The van der Waals surface area contributed by atoms with Gasteiger partial charge in [0.15, 0.2) is 0 Å².